The molecule has 1 aromatic rings. The van der Waals surface area contributed by atoms with E-state index < -0.39 is 0 Å². The van der Waals surface area contributed by atoms with Gasteiger partial charge >= 0.3 is 0 Å². The lowest BCUT2D eigenvalue weighted by molar-refractivity contribution is 0.0178. The minimum atomic E-state index is 0.498. The lowest BCUT2D eigenvalue weighted by atomic mass is 10.1. The van der Waals surface area contributed by atoms with Gasteiger partial charge in [-0.15, -0.1) is 0 Å². The van der Waals surface area contributed by atoms with Gasteiger partial charge in [0.05, 0.1) is 37.5 Å². The van der Waals surface area contributed by atoms with Crippen molar-refractivity contribution < 1.29 is 18.9 Å². The summed E-state index contributed by atoms with van der Waals surface area (Å²) in [7, 11) is 1.65. The topological polar surface area (TPSA) is 62.9 Å². The van der Waals surface area contributed by atoms with Crippen LogP contribution in [-0.4, -0.2) is 53.3 Å². The molecular formula is C15H24BrNO4. The Morgan fingerprint density at radius 2 is 1.67 bits per heavy atom. The number of halogens is 1. The monoisotopic (exact) mass is 361 g/mol. The molecule has 0 aliphatic rings. The standard InChI is InChI=1S/C15H24BrNO4/c1-18-7-8-19-9-10-20-11-12-21-15-13(5-6-17)3-2-4-14(15)16/h2-4H,5-12,17H2,1H3. The summed E-state index contributed by atoms with van der Waals surface area (Å²) in [5.41, 5.74) is 6.71. The lowest BCUT2D eigenvalue weighted by Crippen LogP contribution is -2.13. The second kappa shape index (κ2) is 11.9. The molecule has 0 saturated carbocycles. The van der Waals surface area contributed by atoms with Crippen molar-refractivity contribution in [3.63, 3.8) is 0 Å². The molecule has 2 N–H and O–H groups in total. The van der Waals surface area contributed by atoms with E-state index in [2.05, 4.69) is 15.9 Å². The predicted octanol–water partition coefficient (Wildman–Crippen LogP) is 2.01. The number of rotatable bonds is 12. The molecule has 0 bridgehead atoms. The van der Waals surface area contributed by atoms with Crippen LogP contribution >= 0.6 is 15.9 Å². The molecular weight excluding hydrogens is 338 g/mol. The highest BCUT2D eigenvalue weighted by atomic mass is 79.9. The van der Waals surface area contributed by atoms with Crippen molar-refractivity contribution in [2.75, 3.05) is 53.3 Å². The Labute approximate surface area is 134 Å². The summed E-state index contributed by atoms with van der Waals surface area (Å²) in [5.74, 6) is 0.850. The molecule has 0 atom stereocenters. The molecule has 1 rings (SSSR count). The molecule has 120 valence electrons. The number of para-hydroxylation sites is 1. The van der Waals surface area contributed by atoms with E-state index in [1.165, 1.54) is 0 Å². The van der Waals surface area contributed by atoms with Gasteiger partial charge in [0.15, 0.2) is 0 Å². The highest BCUT2D eigenvalue weighted by Crippen LogP contribution is 2.29. The molecule has 0 radical (unpaired) electrons. The van der Waals surface area contributed by atoms with E-state index in [9.17, 15) is 0 Å². The quantitative estimate of drug-likeness (QED) is 0.577. The first-order valence-electron chi connectivity index (χ1n) is 7.04. The van der Waals surface area contributed by atoms with E-state index in [0.29, 0.717) is 46.2 Å². The zero-order valence-corrected chi connectivity index (χ0v) is 14.1. The maximum Gasteiger partial charge on any atom is 0.136 e. The summed E-state index contributed by atoms with van der Waals surface area (Å²) in [4.78, 5) is 0. The molecule has 0 spiro atoms. The fourth-order valence-electron chi connectivity index (χ4n) is 1.73. The fraction of sp³-hybridized carbons (Fsp3) is 0.600. The first kappa shape index (κ1) is 18.4. The third kappa shape index (κ3) is 7.78. The number of benzene rings is 1. The van der Waals surface area contributed by atoms with Crippen molar-refractivity contribution in [3.05, 3.63) is 28.2 Å². The Kier molecular flexibility index (Phi) is 10.5. The second-order valence-corrected chi connectivity index (χ2v) is 5.19. The summed E-state index contributed by atoms with van der Waals surface area (Å²) in [5, 5.41) is 0. The van der Waals surface area contributed by atoms with Crippen LogP contribution in [0.25, 0.3) is 0 Å². The van der Waals surface area contributed by atoms with Crippen LogP contribution in [-0.2, 0) is 20.6 Å². The zero-order valence-electron chi connectivity index (χ0n) is 12.5. The zero-order chi connectivity index (χ0) is 15.3. The average Bonchev–Trinajstić information content (AvgIpc) is 2.48. The minimum Gasteiger partial charge on any atom is -0.490 e. The van der Waals surface area contributed by atoms with Crippen LogP contribution in [0, 0.1) is 0 Å². The largest absolute Gasteiger partial charge is 0.490 e. The van der Waals surface area contributed by atoms with Gasteiger partial charge in [-0.1, -0.05) is 12.1 Å². The smallest absolute Gasteiger partial charge is 0.136 e. The molecule has 6 heteroatoms. The minimum absolute atomic E-state index is 0.498. The maximum absolute atomic E-state index is 5.78. The van der Waals surface area contributed by atoms with Gasteiger partial charge in [-0.3, -0.25) is 0 Å². The van der Waals surface area contributed by atoms with Crippen molar-refractivity contribution in [3.8, 4) is 5.75 Å². The van der Waals surface area contributed by atoms with E-state index in [1.807, 2.05) is 18.2 Å². The third-order valence-electron chi connectivity index (χ3n) is 2.74. The van der Waals surface area contributed by atoms with Gasteiger partial charge in [0.2, 0.25) is 0 Å². The number of nitrogens with two attached hydrogens (primary N) is 1. The molecule has 0 unspecified atom stereocenters. The Morgan fingerprint density at radius 1 is 1.00 bits per heavy atom. The van der Waals surface area contributed by atoms with Gasteiger partial charge in [-0.25, -0.2) is 0 Å². The molecule has 0 heterocycles. The van der Waals surface area contributed by atoms with Crippen LogP contribution in [0.15, 0.2) is 22.7 Å². The predicted molar refractivity (Wildman–Crippen MR) is 85.9 cm³/mol. The van der Waals surface area contributed by atoms with E-state index in [1.54, 1.807) is 7.11 Å². The van der Waals surface area contributed by atoms with Gasteiger partial charge < -0.3 is 24.7 Å². The number of ether oxygens (including phenoxy) is 4. The Balaban J connectivity index is 2.18. The summed E-state index contributed by atoms with van der Waals surface area (Å²) in [6.45, 7) is 3.94. The molecule has 0 aliphatic heterocycles. The van der Waals surface area contributed by atoms with Gasteiger partial charge in [-0.05, 0) is 40.5 Å². The Hall–Kier alpha value is -0.660. The first-order chi connectivity index (χ1) is 10.3. The molecule has 5 nitrogen and oxygen atoms in total. The number of hydrogen-bond acceptors (Lipinski definition) is 5. The highest BCUT2D eigenvalue weighted by Gasteiger charge is 2.07. The average molecular weight is 362 g/mol. The second-order valence-electron chi connectivity index (χ2n) is 4.33. The highest BCUT2D eigenvalue weighted by molar-refractivity contribution is 9.10. The maximum atomic E-state index is 5.78. The SMILES string of the molecule is COCCOCCOCCOc1c(Br)cccc1CCN. The van der Waals surface area contributed by atoms with Crippen LogP contribution in [0.1, 0.15) is 5.56 Å². The molecule has 0 aromatic heterocycles. The van der Waals surface area contributed by atoms with E-state index >= 15 is 0 Å². The molecule has 0 aliphatic carbocycles. The summed E-state index contributed by atoms with van der Waals surface area (Å²) >= 11 is 3.50. The Morgan fingerprint density at radius 3 is 2.33 bits per heavy atom. The number of hydrogen-bond donors (Lipinski definition) is 1. The summed E-state index contributed by atoms with van der Waals surface area (Å²) in [6.07, 6.45) is 0.795. The molecule has 0 fully saturated rings. The molecule has 0 saturated heterocycles. The van der Waals surface area contributed by atoms with Crippen LogP contribution in [0.4, 0.5) is 0 Å². The van der Waals surface area contributed by atoms with Gasteiger partial charge in [0.25, 0.3) is 0 Å². The van der Waals surface area contributed by atoms with E-state index in [-0.39, 0.29) is 0 Å². The Bertz CT molecular complexity index is 390. The first-order valence-corrected chi connectivity index (χ1v) is 7.83. The van der Waals surface area contributed by atoms with Crippen LogP contribution < -0.4 is 10.5 Å². The van der Waals surface area contributed by atoms with Crippen LogP contribution in [0.3, 0.4) is 0 Å². The van der Waals surface area contributed by atoms with Crippen LogP contribution in [0.2, 0.25) is 0 Å². The van der Waals surface area contributed by atoms with E-state index in [0.717, 1.165) is 22.2 Å². The summed E-state index contributed by atoms with van der Waals surface area (Å²) < 4.78 is 22.3. The van der Waals surface area contributed by atoms with E-state index in [4.69, 9.17) is 24.7 Å². The molecule has 21 heavy (non-hydrogen) atoms. The van der Waals surface area contributed by atoms with Gasteiger partial charge in [-0.2, -0.15) is 0 Å². The molecule has 0 amide bonds. The van der Waals surface area contributed by atoms with Crippen molar-refractivity contribution in [1.82, 2.24) is 0 Å². The van der Waals surface area contributed by atoms with Crippen molar-refractivity contribution >= 4 is 15.9 Å². The lowest BCUT2D eigenvalue weighted by Gasteiger charge is -2.13. The van der Waals surface area contributed by atoms with Crippen LogP contribution in [0.5, 0.6) is 5.75 Å². The van der Waals surface area contributed by atoms with Crippen molar-refractivity contribution in [2.24, 2.45) is 5.73 Å². The van der Waals surface area contributed by atoms with Gasteiger partial charge in [0.1, 0.15) is 12.4 Å². The number of methoxy groups -OCH3 is 1. The van der Waals surface area contributed by atoms with Crippen molar-refractivity contribution in [2.45, 2.75) is 6.42 Å². The van der Waals surface area contributed by atoms with Crippen molar-refractivity contribution in [1.29, 1.82) is 0 Å². The normalized spacial score (nSPS) is 10.8. The third-order valence-corrected chi connectivity index (χ3v) is 3.36. The molecule has 1 aromatic carbocycles. The van der Waals surface area contributed by atoms with Gasteiger partial charge in [0, 0.05) is 7.11 Å². The fourth-order valence-corrected chi connectivity index (χ4v) is 2.26. The summed E-state index contributed by atoms with van der Waals surface area (Å²) in [6, 6.07) is 5.97.